The maximum atomic E-state index is 11.4. The smallest absolute Gasteiger partial charge is 0.334 e. The molecule has 2 atom stereocenters. The lowest BCUT2D eigenvalue weighted by Crippen LogP contribution is -2.45. The molecule has 298 valence electrons. The molecule has 0 bridgehead atoms. The molecule has 4 heterocycles. The third-order valence-electron chi connectivity index (χ3n) is 9.90. The molecule has 2 aromatic carbocycles. The van der Waals surface area contributed by atoms with Crippen molar-refractivity contribution in [3.63, 3.8) is 0 Å². The van der Waals surface area contributed by atoms with E-state index < -0.39 is 24.1 Å². The van der Waals surface area contributed by atoms with Gasteiger partial charge in [0, 0.05) is 50.4 Å². The Morgan fingerprint density at radius 3 is 1.48 bits per heavy atom. The lowest BCUT2D eigenvalue weighted by molar-refractivity contribution is -0.157. The second-order valence-electron chi connectivity index (χ2n) is 13.5. The fraction of sp³-hybridized carbons (Fsp3) is 0.400. The first-order chi connectivity index (χ1) is 26.9. The van der Waals surface area contributed by atoms with E-state index in [1.165, 1.54) is 14.2 Å². The molecule has 6 rings (SSSR count). The summed E-state index contributed by atoms with van der Waals surface area (Å²) in [4.78, 5) is 35.9. The lowest BCUT2D eigenvalue weighted by Gasteiger charge is -2.31. The van der Waals surface area contributed by atoms with Crippen molar-refractivity contribution < 1.29 is 48.2 Å². The van der Waals surface area contributed by atoms with Gasteiger partial charge in [0.25, 0.3) is 0 Å². The molecular weight excluding hydrogens is 767 g/mol. The van der Waals surface area contributed by atoms with Crippen molar-refractivity contribution in [1.29, 1.82) is 0 Å². The van der Waals surface area contributed by atoms with Gasteiger partial charge in [0.1, 0.15) is 23.3 Å². The number of ether oxygens (including phenoxy) is 6. The number of rotatable bonds is 15. The maximum Gasteiger partial charge on any atom is 0.334 e. The molecule has 0 saturated carbocycles. The number of hydrogen-bond acceptors (Lipinski definition) is 12. The molecule has 14 nitrogen and oxygen atoms in total. The average Bonchev–Trinajstić information content (AvgIpc) is 3.18. The van der Waals surface area contributed by atoms with Crippen molar-refractivity contribution in [2.24, 2.45) is 0 Å². The van der Waals surface area contributed by atoms with Crippen LogP contribution in [0.15, 0.2) is 48.5 Å². The summed E-state index contributed by atoms with van der Waals surface area (Å²) in [7, 11) is 3.04. The second-order valence-corrected chi connectivity index (χ2v) is 14.3. The molecule has 2 N–H and O–H groups in total. The van der Waals surface area contributed by atoms with Gasteiger partial charge in [-0.15, -0.1) is 0 Å². The van der Waals surface area contributed by atoms with Gasteiger partial charge in [0.05, 0.1) is 27.4 Å². The number of aliphatic carboxylic acids is 2. The summed E-state index contributed by atoms with van der Waals surface area (Å²) in [5.74, 6) is -0.857. The molecule has 16 heteroatoms. The van der Waals surface area contributed by atoms with Gasteiger partial charge in [-0.3, -0.25) is 9.80 Å². The molecule has 0 radical (unpaired) electrons. The molecule has 0 amide bonds. The van der Waals surface area contributed by atoms with Crippen LogP contribution in [-0.2, 0) is 45.4 Å². The van der Waals surface area contributed by atoms with Crippen LogP contribution in [0.4, 0.5) is 0 Å². The van der Waals surface area contributed by atoms with Crippen LogP contribution in [0.1, 0.15) is 33.4 Å². The number of benzene rings is 2. The highest BCUT2D eigenvalue weighted by atomic mass is 35.5. The summed E-state index contributed by atoms with van der Waals surface area (Å²) >= 11 is 13.3. The van der Waals surface area contributed by atoms with E-state index in [1.54, 1.807) is 12.1 Å². The van der Waals surface area contributed by atoms with Gasteiger partial charge < -0.3 is 38.6 Å². The number of halogens is 2. The first-order valence-corrected chi connectivity index (χ1v) is 18.7. The molecule has 2 fully saturated rings. The number of carboxylic acid groups (broad SMARTS) is 2. The van der Waals surface area contributed by atoms with E-state index in [4.69, 9.17) is 51.6 Å². The molecule has 56 heavy (non-hydrogen) atoms. The number of pyridine rings is 2. The average molecular weight is 812 g/mol. The van der Waals surface area contributed by atoms with E-state index in [9.17, 15) is 19.8 Å². The highest BCUT2D eigenvalue weighted by molar-refractivity contribution is 6.32. The van der Waals surface area contributed by atoms with Crippen molar-refractivity contribution >= 4 is 35.1 Å². The summed E-state index contributed by atoms with van der Waals surface area (Å²) in [5.41, 5.74) is 7.40. The summed E-state index contributed by atoms with van der Waals surface area (Å²) in [6, 6.07) is 15.5. The molecular formula is C40H44Cl2N4O10. The fourth-order valence-electron chi connectivity index (χ4n) is 6.80. The minimum Gasteiger partial charge on any atom is -0.481 e. The maximum absolute atomic E-state index is 11.4. The number of aromatic nitrogens is 2. The van der Waals surface area contributed by atoms with E-state index in [1.807, 2.05) is 47.9 Å². The Bertz CT molecular complexity index is 1920. The van der Waals surface area contributed by atoms with Crippen molar-refractivity contribution in [3.8, 4) is 34.6 Å². The normalized spacial score (nSPS) is 17.7. The van der Waals surface area contributed by atoms with Gasteiger partial charge in [-0.25, -0.2) is 9.59 Å². The van der Waals surface area contributed by atoms with Crippen molar-refractivity contribution in [2.75, 3.05) is 53.6 Å². The van der Waals surface area contributed by atoms with Crippen LogP contribution in [0.5, 0.6) is 23.5 Å². The number of hydrogen-bond donors (Lipinski definition) is 2. The molecule has 2 unspecified atom stereocenters. The van der Waals surface area contributed by atoms with E-state index in [0.29, 0.717) is 72.3 Å². The van der Waals surface area contributed by atoms with Gasteiger partial charge in [-0.2, -0.15) is 9.97 Å². The Labute approximate surface area is 334 Å². The Hall–Kier alpha value is -4.70. The third-order valence-corrected chi connectivity index (χ3v) is 10.4. The Kier molecular flexibility index (Phi) is 13.5. The highest BCUT2D eigenvalue weighted by Crippen LogP contribution is 2.35. The summed E-state index contributed by atoms with van der Waals surface area (Å²) in [5, 5.41) is 19.4. The molecule has 4 aromatic rings. The van der Waals surface area contributed by atoms with Crippen LogP contribution < -0.4 is 18.9 Å². The second kappa shape index (κ2) is 18.5. The van der Waals surface area contributed by atoms with E-state index in [-0.39, 0.29) is 38.1 Å². The van der Waals surface area contributed by atoms with E-state index in [2.05, 4.69) is 22.1 Å². The van der Waals surface area contributed by atoms with Crippen LogP contribution in [-0.4, -0.2) is 108 Å². The summed E-state index contributed by atoms with van der Waals surface area (Å²) < 4.78 is 34.1. The van der Waals surface area contributed by atoms with Crippen molar-refractivity contribution in [2.45, 2.75) is 52.4 Å². The van der Waals surface area contributed by atoms with Crippen LogP contribution in [0.3, 0.4) is 0 Å². The van der Waals surface area contributed by atoms with Gasteiger partial charge in [0.15, 0.2) is 12.2 Å². The van der Waals surface area contributed by atoms with Crippen LogP contribution in [0, 0.1) is 13.8 Å². The zero-order valence-electron chi connectivity index (χ0n) is 31.5. The molecule has 2 aromatic heterocycles. The standard InChI is InChI=1S/C40H44Cl2N4O10/c1-23-25(21-55-37-31(41)15-27(35(43-37)51-3)17-45-11-13-53-33(19-45)39(47)48)7-5-9-29(23)30-10-6-8-26(24(30)2)22-56-38-32(42)16-28(36(44-38)52-4)18-46-12-14-54-34(20-46)40(49)50/h5-10,15-16,33-34H,11-14,17-22H2,1-4H3,(H,47,48)(H,49,50). The zero-order chi connectivity index (χ0) is 39.9. The molecule has 0 spiro atoms. The molecule has 2 saturated heterocycles. The Balaban J connectivity index is 1.13. The van der Waals surface area contributed by atoms with Crippen molar-refractivity contribution in [3.05, 3.63) is 92.0 Å². The number of methoxy groups -OCH3 is 2. The number of morpholine rings is 2. The Morgan fingerprint density at radius 1 is 0.696 bits per heavy atom. The number of carbonyl (C=O) groups is 2. The monoisotopic (exact) mass is 810 g/mol. The van der Waals surface area contributed by atoms with Crippen LogP contribution >= 0.6 is 23.2 Å². The minimum absolute atomic E-state index is 0.203. The lowest BCUT2D eigenvalue weighted by atomic mass is 9.92. The Morgan fingerprint density at radius 2 is 1.11 bits per heavy atom. The van der Waals surface area contributed by atoms with E-state index in [0.717, 1.165) is 33.4 Å². The molecule has 0 aliphatic carbocycles. The van der Waals surface area contributed by atoms with Gasteiger partial charge >= 0.3 is 11.9 Å². The SMILES string of the molecule is COc1nc(OCc2cccc(-c3cccc(COc4nc(OC)c(CN5CCOC(C(=O)O)C5)cc4Cl)c3C)c2C)c(Cl)cc1CN1CCOC(C(=O)O)C1. The van der Waals surface area contributed by atoms with Crippen molar-refractivity contribution in [1.82, 2.24) is 19.8 Å². The van der Waals surface area contributed by atoms with Gasteiger partial charge in [0.2, 0.25) is 23.5 Å². The number of carboxylic acids is 2. The van der Waals surface area contributed by atoms with Gasteiger partial charge in [-0.05, 0) is 59.4 Å². The molecule has 2 aliphatic rings. The first-order valence-electron chi connectivity index (χ1n) is 18.0. The van der Waals surface area contributed by atoms with Gasteiger partial charge in [-0.1, -0.05) is 59.6 Å². The number of nitrogens with zero attached hydrogens (tertiary/aromatic N) is 4. The molecule has 2 aliphatic heterocycles. The van der Waals surface area contributed by atoms with Crippen LogP contribution in [0.25, 0.3) is 11.1 Å². The fourth-order valence-corrected chi connectivity index (χ4v) is 7.26. The topological polar surface area (TPSA) is 162 Å². The third kappa shape index (κ3) is 9.63. The summed E-state index contributed by atoms with van der Waals surface area (Å²) in [6.07, 6.45) is -1.79. The highest BCUT2D eigenvalue weighted by Gasteiger charge is 2.29. The van der Waals surface area contributed by atoms with E-state index >= 15 is 0 Å². The predicted molar refractivity (Wildman–Crippen MR) is 207 cm³/mol. The first kappa shape index (κ1) is 40.9. The predicted octanol–water partition coefficient (Wildman–Crippen LogP) is 5.81. The largest absolute Gasteiger partial charge is 0.481 e. The zero-order valence-corrected chi connectivity index (χ0v) is 33.1. The quantitative estimate of drug-likeness (QED) is 0.148. The van der Waals surface area contributed by atoms with Crippen LogP contribution in [0.2, 0.25) is 10.0 Å². The summed E-state index contributed by atoms with van der Waals surface area (Å²) in [6.45, 7) is 7.51. The minimum atomic E-state index is -0.998.